The summed E-state index contributed by atoms with van der Waals surface area (Å²) in [6.45, 7) is 12.4. The largest absolute Gasteiger partial charge is 0.309 e. The van der Waals surface area contributed by atoms with Gasteiger partial charge >= 0.3 is 0 Å². The van der Waals surface area contributed by atoms with Gasteiger partial charge in [0.1, 0.15) is 0 Å². The predicted octanol–water partition coefficient (Wildman–Crippen LogP) is 2.20. The minimum Gasteiger partial charge on any atom is -0.309 e. The molecule has 124 valence electrons. The quantitative estimate of drug-likeness (QED) is 0.867. The summed E-state index contributed by atoms with van der Waals surface area (Å²) in [4.78, 5) is 2.47. The fourth-order valence-corrected chi connectivity index (χ4v) is 4.67. The molecule has 1 N–H and O–H groups in total. The number of nitrogens with one attached hydrogen (secondary N) is 1. The van der Waals surface area contributed by atoms with E-state index in [0.29, 0.717) is 6.54 Å². The fraction of sp³-hybridized carbons (Fsp3) is 1.00. The van der Waals surface area contributed by atoms with Crippen LogP contribution in [0.3, 0.4) is 0 Å². The fourth-order valence-electron chi connectivity index (χ4n) is 3.60. The molecule has 2 fully saturated rings. The third kappa shape index (κ3) is 3.62. The molecule has 0 aromatic heterocycles. The molecule has 0 unspecified atom stereocenters. The van der Waals surface area contributed by atoms with E-state index >= 15 is 0 Å². The average molecular weight is 317 g/mol. The lowest BCUT2D eigenvalue weighted by Crippen LogP contribution is -2.68. The summed E-state index contributed by atoms with van der Waals surface area (Å²) in [5, 5.41) is 3.66. The molecule has 1 saturated heterocycles. The van der Waals surface area contributed by atoms with Gasteiger partial charge in [0.15, 0.2) is 9.84 Å². The van der Waals surface area contributed by atoms with Crippen LogP contribution in [-0.2, 0) is 9.84 Å². The van der Waals surface area contributed by atoms with Crippen molar-refractivity contribution in [2.45, 2.75) is 76.1 Å². The number of hydrogen-bond acceptors (Lipinski definition) is 4. The van der Waals surface area contributed by atoms with Gasteiger partial charge in [0.25, 0.3) is 0 Å². The highest BCUT2D eigenvalue weighted by molar-refractivity contribution is 7.92. The molecule has 2 aliphatic rings. The van der Waals surface area contributed by atoms with Crippen molar-refractivity contribution in [3.8, 4) is 0 Å². The standard InChI is InChI=1S/C16H32N2O2S/c1-14(2,3)21(19,20)11-10-18-13-15(4,5)17-12-16(18)8-6-7-9-16/h17H,6-13H2,1-5H3. The topological polar surface area (TPSA) is 49.4 Å². The van der Waals surface area contributed by atoms with Gasteiger partial charge in [-0.15, -0.1) is 0 Å². The Morgan fingerprint density at radius 1 is 1.14 bits per heavy atom. The summed E-state index contributed by atoms with van der Waals surface area (Å²) in [6.07, 6.45) is 4.94. The van der Waals surface area contributed by atoms with E-state index in [1.165, 1.54) is 25.7 Å². The van der Waals surface area contributed by atoms with Crippen LogP contribution in [0.2, 0.25) is 0 Å². The average Bonchev–Trinajstić information content (AvgIpc) is 2.79. The van der Waals surface area contributed by atoms with Crippen LogP contribution in [0.25, 0.3) is 0 Å². The molecule has 1 heterocycles. The maximum atomic E-state index is 12.4. The van der Waals surface area contributed by atoms with Crippen molar-refractivity contribution in [2.75, 3.05) is 25.4 Å². The molecule has 0 aromatic rings. The Bertz CT molecular complexity index is 471. The lowest BCUT2D eigenvalue weighted by molar-refractivity contribution is 0.0241. The van der Waals surface area contributed by atoms with Gasteiger partial charge in [-0.3, -0.25) is 4.90 Å². The van der Waals surface area contributed by atoms with Gasteiger partial charge in [-0.1, -0.05) is 12.8 Å². The van der Waals surface area contributed by atoms with Gasteiger partial charge in [0.05, 0.1) is 10.5 Å². The molecule has 0 bridgehead atoms. The van der Waals surface area contributed by atoms with Crippen molar-refractivity contribution in [3.05, 3.63) is 0 Å². The number of nitrogens with zero attached hydrogens (tertiary/aromatic N) is 1. The van der Waals surface area contributed by atoms with Crippen LogP contribution in [0.4, 0.5) is 0 Å². The number of sulfone groups is 1. The first-order valence-electron chi connectivity index (χ1n) is 8.20. The van der Waals surface area contributed by atoms with E-state index in [2.05, 4.69) is 24.1 Å². The van der Waals surface area contributed by atoms with Crippen LogP contribution in [-0.4, -0.2) is 54.5 Å². The Kier molecular flexibility index (Phi) is 4.51. The van der Waals surface area contributed by atoms with Gasteiger partial charge in [0, 0.05) is 30.7 Å². The van der Waals surface area contributed by atoms with Crippen molar-refractivity contribution in [2.24, 2.45) is 0 Å². The van der Waals surface area contributed by atoms with Crippen molar-refractivity contribution in [1.29, 1.82) is 0 Å². The Morgan fingerprint density at radius 3 is 2.24 bits per heavy atom. The van der Waals surface area contributed by atoms with E-state index in [1.807, 2.05) is 0 Å². The summed E-state index contributed by atoms with van der Waals surface area (Å²) in [6, 6.07) is 0. The van der Waals surface area contributed by atoms with E-state index in [0.717, 1.165) is 13.1 Å². The van der Waals surface area contributed by atoms with E-state index < -0.39 is 14.6 Å². The summed E-state index contributed by atoms with van der Waals surface area (Å²) in [7, 11) is -3.04. The summed E-state index contributed by atoms with van der Waals surface area (Å²) >= 11 is 0. The number of piperazine rings is 1. The third-order valence-electron chi connectivity index (χ3n) is 5.25. The second kappa shape index (κ2) is 5.50. The molecule has 0 aromatic carbocycles. The summed E-state index contributed by atoms with van der Waals surface area (Å²) < 4.78 is 24.2. The lowest BCUT2D eigenvalue weighted by Gasteiger charge is -2.51. The molecular weight excluding hydrogens is 284 g/mol. The van der Waals surface area contributed by atoms with Crippen molar-refractivity contribution < 1.29 is 8.42 Å². The molecule has 1 saturated carbocycles. The molecule has 0 atom stereocenters. The Hall–Kier alpha value is -0.130. The van der Waals surface area contributed by atoms with E-state index in [-0.39, 0.29) is 16.8 Å². The molecule has 0 radical (unpaired) electrons. The number of hydrogen-bond donors (Lipinski definition) is 1. The van der Waals surface area contributed by atoms with Gasteiger partial charge in [-0.2, -0.15) is 0 Å². The SMILES string of the molecule is CC1(C)CN(CCS(=O)(=O)C(C)(C)C)C2(CCCC2)CN1. The van der Waals surface area contributed by atoms with Crippen LogP contribution in [0, 0.1) is 0 Å². The number of rotatable bonds is 3. The second-order valence-electron chi connectivity index (χ2n) is 8.52. The summed E-state index contributed by atoms with van der Waals surface area (Å²) in [5.74, 6) is 0.272. The van der Waals surface area contributed by atoms with Gasteiger partial charge < -0.3 is 5.32 Å². The molecule has 21 heavy (non-hydrogen) atoms. The second-order valence-corrected chi connectivity index (χ2v) is 11.4. The maximum absolute atomic E-state index is 12.4. The van der Waals surface area contributed by atoms with Crippen LogP contribution in [0.5, 0.6) is 0 Å². The first-order valence-corrected chi connectivity index (χ1v) is 9.85. The first-order chi connectivity index (χ1) is 9.48. The molecule has 5 heteroatoms. The van der Waals surface area contributed by atoms with Crippen LogP contribution in [0.15, 0.2) is 0 Å². The highest BCUT2D eigenvalue weighted by Crippen LogP contribution is 2.38. The molecule has 2 rings (SSSR count). The zero-order valence-corrected chi connectivity index (χ0v) is 15.1. The van der Waals surface area contributed by atoms with Crippen LogP contribution < -0.4 is 5.32 Å². The van der Waals surface area contributed by atoms with E-state index in [1.54, 1.807) is 20.8 Å². The van der Waals surface area contributed by atoms with Crippen LogP contribution >= 0.6 is 0 Å². The van der Waals surface area contributed by atoms with Gasteiger partial charge in [0.2, 0.25) is 0 Å². The highest BCUT2D eigenvalue weighted by atomic mass is 32.2. The third-order valence-corrected chi connectivity index (χ3v) is 7.84. The smallest absolute Gasteiger partial charge is 0.156 e. The zero-order chi connectivity index (χ0) is 15.9. The highest BCUT2D eigenvalue weighted by Gasteiger charge is 2.46. The first kappa shape index (κ1) is 17.2. The van der Waals surface area contributed by atoms with Gasteiger partial charge in [-0.05, 0) is 47.5 Å². The van der Waals surface area contributed by atoms with Crippen molar-refractivity contribution >= 4 is 9.84 Å². The zero-order valence-electron chi connectivity index (χ0n) is 14.3. The minimum absolute atomic E-state index is 0.0688. The van der Waals surface area contributed by atoms with Crippen molar-refractivity contribution in [1.82, 2.24) is 10.2 Å². The van der Waals surface area contributed by atoms with Gasteiger partial charge in [-0.25, -0.2) is 8.42 Å². The minimum atomic E-state index is -3.04. The molecule has 1 aliphatic heterocycles. The Morgan fingerprint density at radius 2 is 1.71 bits per heavy atom. The molecule has 0 amide bonds. The lowest BCUT2D eigenvalue weighted by atomic mass is 9.87. The Balaban J connectivity index is 2.11. The molecule has 1 aliphatic carbocycles. The predicted molar refractivity (Wildman–Crippen MR) is 88.4 cm³/mol. The maximum Gasteiger partial charge on any atom is 0.156 e. The molecule has 1 spiro atoms. The monoisotopic (exact) mass is 316 g/mol. The molecular formula is C16H32N2O2S. The Labute approximate surface area is 130 Å². The summed E-state index contributed by atoms with van der Waals surface area (Å²) in [5.41, 5.74) is 0.266. The van der Waals surface area contributed by atoms with E-state index in [4.69, 9.17) is 0 Å². The van der Waals surface area contributed by atoms with E-state index in [9.17, 15) is 8.42 Å². The normalized spacial score (nSPS) is 26.3. The van der Waals surface area contributed by atoms with Crippen LogP contribution in [0.1, 0.15) is 60.3 Å². The molecule has 4 nitrogen and oxygen atoms in total. The van der Waals surface area contributed by atoms with Crippen molar-refractivity contribution in [3.63, 3.8) is 0 Å².